The summed E-state index contributed by atoms with van der Waals surface area (Å²) in [7, 11) is 0. The minimum Gasteiger partial charge on any atom is -0.379 e. The van der Waals surface area contributed by atoms with Crippen LogP contribution in [0.25, 0.3) is 0 Å². The van der Waals surface area contributed by atoms with Crippen LogP contribution in [0.5, 0.6) is 0 Å². The summed E-state index contributed by atoms with van der Waals surface area (Å²) in [6.07, 6.45) is 0. The van der Waals surface area contributed by atoms with Crippen molar-refractivity contribution < 1.29 is 4.74 Å². The molecule has 3 rings (SSSR count). The van der Waals surface area contributed by atoms with Crippen LogP contribution in [0, 0.1) is 6.92 Å². The summed E-state index contributed by atoms with van der Waals surface area (Å²) in [6, 6.07) is 9.46. The van der Waals surface area contributed by atoms with Gasteiger partial charge in [0.1, 0.15) is 5.82 Å². The first-order valence-corrected chi connectivity index (χ1v) is 8.49. The van der Waals surface area contributed by atoms with Crippen LogP contribution < -0.4 is 10.6 Å². The summed E-state index contributed by atoms with van der Waals surface area (Å²) in [5.74, 6) is 1.40. The normalized spacial score (nSPS) is 15.2. The number of morpholine rings is 1. The zero-order chi connectivity index (χ0) is 16.8. The molecule has 2 N–H and O–H groups in total. The Hall–Kier alpha value is -1.89. The molecule has 1 aliphatic rings. The van der Waals surface area contributed by atoms with Crippen molar-refractivity contribution in [3.63, 3.8) is 0 Å². The van der Waals surface area contributed by atoms with Gasteiger partial charge in [-0.1, -0.05) is 11.6 Å². The highest BCUT2D eigenvalue weighted by Crippen LogP contribution is 2.19. The van der Waals surface area contributed by atoms with Gasteiger partial charge in [0.25, 0.3) is 0 Å². The number of nitrogens with one attached hydrogen (secondary N) is 2. The smallest absolute Gasteiger partial charge is 0.224 e. The molecule has 6 nitrogen and oxygen atoms in total. The van der Waals surface area contributed by atoms with Crippen molar-refractivity contribution in [1.82, 2.24) is 14.9 Å². The van der Waals surface area contributed by atoms with Gasteiger partial charge in [0, 0.05) is 48.6 Å². The molecule has 0 aliphatic carbocycles. The summed E-state index contributed by atoms with van der Waals surface area (Å²) < 4.78 is 5.36. The number of nitrogens with zero attached hydrogens (tertiary/aromatic N) is 3. The average Bonchev–Trinajstić information content (AvgIpc) is 2.57. The highest BCUT2D eigenvalue weighted by molar-refractivity contribution is 6.30. The Balaban J connectivity index is 1.57. The van der Waals surface area contributed by atoms with Crippen LogP contribution >= 0.6 is 11.6 Å². The third-order valence-corrected chi connectivity index (χ3v) is 4.04. The van der Waals surface area contributed by atoms with Crippen molar-refractivity contribution in [3.8, 4) is 0 Å². The Morgan fingerprint density at radius 3 is 2.67 bits per heavy atom. The minimum atomic E-state index is 0.639. The number of hydrogen-bond acceptors (Lipinski definition) is 6. The fourth-order valence-electron chi connectivity index (χ4n) is 2.54. The van der Waals surface area contributed by atoms with Crippen LogP contribution in [0.4, 0.5) is 17.5 Å². The number of benzene rings is 1. The van der Waals surface area contributed by atoms with E-state index in [1.165, 1.54) is 0 Å². The van der Waals surface area contributed by atoms with Crippen molar-refractivity contribution in [3.05, 3.63) is 41.0 Å². The quantitative estimate of drug-likeness (QED) is 0.837. The highest BCUT2D eigenvalue weighted by atomic mass is 35.5. The molecule has 0 amide bonds. The number of anilines is 3. The minimum absolute atomic E-state index is 0.639. The van der Waals surface area contributed by atoms with Crippen molar-refractivity contribution in [2.45, 2.75) is 6.92 Å². The predicted octanol–water partition coefficient (Wildman–Crippen LogP) is 2.93. The summed E-state index contributed by atoms with van der Waals surface area (Å²) in [6.45, 7) is 7.33. The summed E-state index contributed by atoms with van der Waals surface area (Å²) in [5, 5.41) is 7.29. The maximum atomic E-state index is 5.91. The van der Waals surface area contributed by atoms with E-state index in [4.69, 9.17) is 16.3 Å². The molecule has 1 aliphatic heterocycles. The van der Waals surface area contributed by atoms with E-state index in [0.29, 0.717) is 11.0 Å². The fourth-order valence-corrected chi connectivity index (χ4v) is 2.67. The van der Waals surface area contributed by atoms with E-state index >= 15 is 0 Å². The van der Waals surface area contributed by atoms with Crippen LogP contribution in [0.3, 0.4) is 0 Å². The number of ether oxygens (including phenoxy) is 1. The first-order chi connectivity index (χ1) is 11.7. The zero-order valence-corrected chi connectivity index (χ0v) is 14.5. The third kappa shape index (κ3) is 5.06. The molecule has 7 heteroatoms. The van der Waals surface area contributed by atoms with E-state index in [1.807, 2.05) is 37.3 Å². The molecule has 128 valence electrons. The van der Waals surface area contributed by atoms with Gasteiger partial charge in [-0.05, 0) is 31.2 Å². The maximum Gasteiger partial charge on any atom is 0.224 e. The Morgan fingerprint density at radius 1 is 1.17 bits per heavy atom. The Kier molecular flexibility index (Phi) is 5.85. The molecule has 2 heterocycles. The largest absolute Gasteiger partial charge is 0.379 e. The van der Waals surface area contributed by atoms with Gasteiger partial charge in [-0.2, -0.15) is 4.98 Å². The topological polar surface area (TPSA) is 62.3 Å². The van der Waals surface area contributed by atoms with Crippen molar-refractivity contribution in [2.24, 2.45) is 0 Å². The van der Waals surface area contributed by atoms with Crippen LogP contribution in [-0.4, -0.2) is 54.3 Å². The SMILES string of the molecule is Cc1cc(Nc2ccc(Cl)cc2)nc(NCCN2CCOCC2)n1. The second-order valence-corrected chi connectivity index (χ2v) is 6.17. The molecule has 0 saturated carbocycles. The lowest BCUT2D eigenvalue weighted by Gasteiger charge is -2.26. The van der Waals surface area contributed by atoms with Crippen LogP contribution in [0.2, 0.25) is 5.02 Å². The van der Waals surface area contributed by atoms with Gasteiger partial charge < -0.3 is 15.4 Å². The molecule has 0 atom stereocenters. The second kappa shape index (κ2) is 8.28. The van der Waals surface area contributed by atoms with Crippen LogP contribution in [0.1, 0.15) is 5.69 Å². The zero-order valence-electron chi connectivity index (χ0n) is 13.8. The molecule has 0 unspecified atom stereocenters. The molecule has 24 heavy (non-hydrogen) atoms. The molecule has 2 aromatic rings. The lowest BCUT2D eigenvalue weighted by atomic mass is 10.3. The van der Waals surface area contributed by atoms with E-state index in [0.717, 1.165) is 56.6 Å². The van der Waals surface area contributed by atoms with E-state index in [2.05, 4.69) is 25.5 Å². The second-order valence-electron chi connectivity index (χ2n) is 5.73. The van der Waals surface area contributed by atoms with Crippen LogP contribution in [0.15, 0.2) is 30.3 Å². The summed E-state index contributed by atoms with van der Waals surface area (Å²) in [4.78, 5) is 11.3. The Bertz CT molecular complexity index is 659. The monoisotopic (exact) mass is 347 g/mol. The number of aromatic nitrogens is 2. The fraction of sp³-hybridized carbons (Fsp3) is 0.412. The number of halogens is 1. The molecular weight excluding hydrogens is 326 g/mol. The number of hydrogen-bond donors (Lipinski definition) is 2. The summed E-state index contributed by atoms with van der Waals surface area (Å²) >= 11 is 5.91. The first-order valence-electron chi connectivity index (χ1n) is 8.11. The molecule has 1 aromatic carbocycles. The highest BCUT2D eigenvalue weighted by Gasteiger charge is 2.10. The lowest BCUT2D eigenvalue weighted by Crippen LogP contribution is -2.39. The summed E-state index contributed by atoms with van der Waals surface area (Å²) in [5.41, 5.74) is 1.85. The number of rotatable bonds is 6. The van der Waals surface area contributed by atoms with Gasteiger partial charge in [-0.15, -0.1) is 0 Å². The average molecular weight is 348 g/mol. The van der Waals surface area contributed by atoms with Gasteiger partial charge >= 0.3 is 0 Å². The van der Waals surface area contributed by atoms with Crippen molar-refractivity contribution in [1.29, 1.82) is 0 Å². The molecule has 1 aromatic heterocycles. The Labute approximate surface area is 147 Å². The molecular formula is C17H22ClN5O. The van der Waals surface area contributed by atoms with E-state index in [9.17, 15) is 0 Å². The maximum absolute atomic E-state index is 5.91. The van der Waals surface area contributed by atoms with Gasteiger partial charge in [0.15, 0.2) is 0 Å². The molecule has 1 saturated heterocycles. The molecule has 0 bridgehead atoms. The van der Waals surface area contributed by atoms with Gasteiger partial charge in [-0.3, -0.25) is 4.90 Å². The lowest BCUT2D eigenvalue weighted by molar-refractivity contribution is 0.0398. The first kappa shape index (κ1) is 17.0. The third-order valence-electron chi connectivity index (χ3n) is 3.79. The van der Waals surface area contributed by atoms with E-state index < -0.39 is 0 Å². The molecule has 1 fully saturated rings. The van der Waals surface area contributed by atoms with E-state index in [-0.39, 0.29) is 0 Å². The Morgan fingerprint density at radius 2 is 1.92 bits per heavy atom. The standard InChI is InChI=1S/C17H22ClN5O/c1-13-12-16(21-15-4-2-14(18)3-5-15)22-17(20-13)19-6-7-23-8-10-24-11-9-23/h2-5,12H,6-11H2,1H3,(H2,19,20,21,22). The molecule has 0 radical (unpaired) electrons. The molecule has 0 spiro atoms. The van der Waals surface area contributed by atoms with Crippen molar-refractivity contribution in [2.75, 3.05) is 50.0 Å². The predicted molar refractivity (Wildman–Crippen MR) is 97.3 cm³/mol. The van der Waals surface area contributed by atoms with Crippen LogP contribution in [-0.2, 0) is 4.74 Å². The van der Waals surface area contributed by atoms with Gasteiger partial charge in [-0.25, -0.2) is 4.98 Å². The number of aryl methyl sites for hydroxylation is 1. The van der Waals surface area contributed by atoms with E-state index in [1.54, 1.807) is 0 Å². The van der Waals surface area contributed by atoms with Gasteiger partial charge in [0.2, 0.25) is 5.95 Å². The van der Waals surface area contributed by atoms with Gasteiger partial charge in [0.05, 0.1) is 13.2 Å². The van der Waals surface area contributed by atoms with Crippen molar-refractivity contribution >= 4 is 29.1 Å².